The minimum atomic E-state index is -0.600. The minimum Gasteiger partial charge on any atom is -0.299 e. The van der Waals surface area contributed by atoms with Gasteiger partial charge >= 0.3 is 5.69 Å². The summed E-state index contributed by atoms with van der Waals surface area (Å²) in [6, 6.07) is 5.06. The first-order chi connectivity index (χ1) is 9.56. The van der Waals surface area contributed by atoms with Crippen molar-refractivity contribution in [2.45, 2.75) is 20.0 Å². The van der Waals surface area contributed by atoms with E-state index < -0.39 is 11.2 Å². The van der Waals surface area contributed by atoms with Gasteiger partial charge in [-0.25, -0.2) is 9.78 Å². The smallest absolute Gasteiger partial charge is 0.299 e. The van der Waals surface area contributed by atoms with Gasteiger partial charge in [0.05, 0.1) is 6.54 Å². The highest BCUT2D eigenvalue weighted by Gasteiger charge is 2.11. The van der Waals surface area contributed by atoms with Crippen molar-refractivity contribution >= 4 is 11.6 Å². The summed E-state index contributed by atoms with van der Waals surface area (Å²) in [6.07, 6.45) is 2.77. The second-order valence-electron chi connectivity index (χ2n) is 4.10. The Labute approximate surface area is 119 Å². The van der Waals surface area contributed by atoms with Crippen molar-refractivity contribution in [2.75, 3.05) is 0 Å². The van der Waals surface area contributed by atoms with Crippen LogP contribution in [0.15, 0.2) is 34.1 Å². The molecule has 0 amide bonds. The van der Waals surface area contributed by atoms with E-state index in [1.165, 1.54) is 17.0 Å². The number of aromatic nitrogens is 3. The van der Waals surface area contributed by atoms with Crippen LogP contribution in [0.25, 0.3) is 0 Å². The normalized spacial score (nSPS) is 10.2. The van der Waals surface area contributed by atoms with E-state index in [-0.39, 0.29) is 12.1 Å². The van der Waals surface area contributed by atoms with E-state index in [9.17, 15) is 9.59 Å². The fraction of sp³-hybridized carbons (Fsp3) is 0.231. The third kappa shape index (κ3) is 2.63. The summed E-state index contributed by atoms with van der Waals surface area (Å²) in [4.78, 5) is 28.1. The van der Waals surface area contributed by atoms with Gasteiger partial charge in [0, 0.05) is 18.9 Å². The van der Waals surface area contributed by atoms with Crippen molar-refractivity contribution in [3.05, 3.63) is 61.6 Å². The molecular weight excluding hydrogens is 280 g/mol. The topological polar surface area (TPSA) is 80.7 Å². The number of rotatable bonds is 3. The van der Waals surface area contributed by atoms with Gasteiger partial charge in [-0.1, -0.05) is 17.7 Å². The van der Waals surface area contributed by atoms with Crippen LogP contribution in [0.2, 0.25) is 5.15 Å². The SMILES string of the molecule is CCn1cc(C#N)c(=O)n(Cc2ccc(Cl)nc2)c1=O. The maximum atomic E-state index is 12.1. The molecule has 2 aromatic heterocycles. The maximum Gasteiger partial charge on any atom is 0.331 e. The highest BCUT2D eigenvalue weighted by molar-refractivity contribution is 6.29. The number of hydrogen-bond acceptors (Lipinski definition) is 4. The van der Waals surface area contributed by atoms with Crippen LogP contribution in [-0.4, -0.2) is 14.1 Å². The molecule has 0 aromatic carbocycles. The van der Waals surface area contributed by atoms with Crippen LogP contribution in [0, 0.1) is 11.3 Å². The lowest BCUT2D eigenvalue weighted by molar-refractivity contribution is 0.597. The first-order valence-corrected chi connectivity index (χ1v) is 6.29. The summed E-state index contributed by atoms with van der Waals surface area (Å²) in [5, 5.41) is 9.28. The lowest BCUT2D eigenvalue weighted by Gasteiger charge is -2.09. The molecule has 0 atom stereocenters. The minimum absolute atomic E-state index is 0.0529. The van der Waals surface area contributed by atoms with Gasteiger partial charge in [-0.3, -0.25) is 13.9 Å². The van der Waals surface area contributed by atoms with Crippen LogP contribution in [0.3, 0.4) is 0 Å². The molecule has 2 rings (SSSR count). The van der Waals surface area contributed by atoms with E-state index in [2.05, 4.69) is 4.98 Å². The van der Waals surface area contributed by atoms with Crippen LogP contribution >= 0.6 is 11.6 Å². The van der Waals surface area contributed by atoms with E-state index in [4.69, 9.17) is 16.9 Å². The maximum absolute atomic E-state index is 12.1. The standard InChI is InChI=1S/C13H11ClN4O2/c1-2-17-8-10(5-15)12(19)18(13(17)20)7-9-3-4-11(14)16-6-9/h3-4,6,8H,2,7H2,1H3. The third-order valence-electron chi connectivity index (χ3n) is 2.83. The fourth-order valence-corrected chi connectivity index (χ4v) is 1.89. The third-order valence-corrected chi connectivity index (χ3v) is 3.05. The summed E-state index contributed by atoms with van der Waals surface area (Å²) < 4.78 is 2.34. The van der Waals surface area contributed by atoms with E-state index in [0.29, 0.717) is 17.3 Å². The first kappa shape index (κ1) is 14.0. The van der Waals surface area contributed by atoms with Crippen LogP contribution in [-0.2, 0) is 13.1 Å². The number of halogens is 1. The van der Waals surface area contributed by atoms with Gasteiger partial charge in [0.2, 0.25) is 0 Å². The monoisotopic (exact) mass is 290 g/mol. The van der Waals surface area contributed by atoms with Gasteiger partial charge in [0.25, 0.3) is 5.56 Å². The number of pyridine rings is 1. The number of nitrogens with zero attached hydrogens (tertiary/aromatic N) is 4. The highest BCUT2D eigenvalue weighted by Crippen LogP contribution is 2.05. The lowest BCUT2D eigenvalue weighted by Crippen LogP contribution is -2.40. The van der Waals surface area contributed by atoms with Gasteiger partial charge in [0.15, 0.2) is 0 Å². The molecule has 0 saturated heterocycles. The zero-order valence-corrected chi connectivity index (χ0v) is 11.5. The summed E-state index contributed by atoms with van der Waals surface area (Å²) in [6.45, 7) is 2.20. The largest absolute Gasteiger partial charge is 0.331 e. The van der Waals surface area contributed by atoms with Crippen molar-refractivity contribution in [1.29, 1.82) is 5.26 Å². The summed E-state index contributed by atoms with van der Waals surface area (Å²) >= 11 is 5.68. The van der Waals surface area contributed by atoms with Crippen LogP contribution < -0.4 is 11.2 Å². The van der Waals surface area contributed by atoms with Crippen molar-refractivity contribution < 1.29 is 0 Å². The average molecular weight is 291 g/mol. The molecule has 0 aliphatic carbocycles. The molecule has 0 N–H and O–H groups in total. The Morgan fingerprint density at radius 2 is 2.15 bits per heavy atom. The van der Waals surface area contributed by atoms with Gasteiger partial charge in [-0.2, -0.15) is 5.26 Å². The Bertz CT molecular complexity index is 784. The first-order valence-electron chi connectivity index (χ1n) is 5.91. The number of hydrogen-bond donors (Lipinski definition) is 0. The molecule has 7 heteroatoms. The van der Waals surface area contributed by atoms with Gasteiger partial charge < -0.3 is 0 Å². The Morgan fingerprint density at radius 3 is 2.70 bits per heavy atom. The summed E-state index contributed by atoms with van der Waals surface area (Å²) in [5.74, 6) is 0. The molecule has 102 valence electrons. The van der Waals surface area contributed by atoms with E-state index in [1.54, 1.807) is 25.1 Å². The summed E-state index contributed by atoms with van der Waals surface area (Å²) in [5.41, 5.74) is -0.455. The fourth-order valence-electron chi connectivity index (χ4n) is 1.78. The Hall–Kier alpha value is -2.39. The molecule has 0 aliphatic rings. The molecule has 2 aromatic rings. The number of aryl methyl sites for hydroxylation is 1. The molecule has 20 heavy (non-hydrogen) atoms. The zero-order chi connectivity index (χ0) is 14.7. The van der Waals surface area contributed by atoms with E-state index in [1.807, 2.05) is 0 Å². The Balaban J connectivity index is 2.56. The predicted molar refractivity (Wildman–Crippen MR) is 73.7 cm³/mol. The molecule has 2 heterocycles. The molecule has 0 unspecified atom stereocenters. The summed E-state index contributed by atoms with van der Waals surface area (Å²) in [7, 11) is 0. The molecule has 6 nitrogen and oxygen atoms in total. The van der Waals surface area contributed by atoms with Crippen molar-refractivity contribution in [3.63, 3.8) is 0 Å². The Morgan fingerprint density at radius 1 is 1.40 bits per heavy atom. The zero-order valence-electron chi connectivity index (χ0n) is 10.7. The van der Waals surface area contributed by atoms with E-state index >= 15 is 0 Å². The predicted octanol–water partition coefficient (Wildman–Crippen LogP) is 0.998. The lowest BCUT2D eigenvalue weighted by atomic mass is 10.3. The average Bonchev–Trinajstić information content (AvgIpc) is 2.46. The van der Waals surface area contributed by atoms with Crippen molar-refractivity contribution in [2.24, 2.45) is 0 Å². The molecule has 0 saturated carbocycles. The van der Waals surface area contributed by atoms with Gasteiger partial charge in [0.1, 0.15) is 16.8 Å². The highest BCUT2D eigenvalue weighted by atomic mass is 35.5. The van der Waals surface area contributed by atoms with Crippen molar-refractivity contribution in [1.82, 2.24) is 14.1 Å². The molecule has 0 fully saturated rings. The van der Waals surface area contributed by atoms with Gasteiger partial charge in [-0.05, 0) is 18.6 Å². The number of nitriles is 1. The van der Waals surface area contributed by atoms with Gasteiger partial charge in [-0.15, -0.1) is 0 Å². The van der Waals surface area contributed by atoms with Crippen LogP contribution in [0.4, 0.5) is 0 Å². The second kappa shape index (κ2) is 5.72. The van der Waals surface area contributed by atoms with E-state index in [0.717, 1.165) is 4.57 Å². The Kier molecular flexibility index (Phi) is 4.01. The molecule has 0 bridgehead atoms. The molecule has 0 radical (unpaired) electrons. The van der Waals surface area contributed by atoms with Crippen LogP contribution in [0.5, 0.6) is 0 Å². The molecular formula is C13H11ClN4O2. The second-order valence-corrected chi connectivity index (χ2v) is 4.49. The molecule has 0 aliphatic heterocycles. The van der Waals surface area contributed by atoms with Crippen molar-refractivity contribution in [3.8, 4) is 6.07 Å². The van der Waals surface area contributed by atoms with Crippen LogP contribution in [0.1, 0.15) is 18.1 Å². The molecule has 0 spiro atoms. The quantitative estimate of drug-likeness (QED) is 0.790.